The van der Waals surface area contributed by atoms with Crippen molar-refractivity contribution in [2.45, 2.75) is 25.5 Å². The van der Waals surface area contributed by atoms with Crippen LogP contribution in [0.3, 0.4) is 0 Å². The number of halogens is 1. The van der Waals surface area contributed by atoms with E-state index in [2.05, 4.69) is 22.9 Å². The summed E-state index contributed by atoms with van der Waals surface area (Å²) in [7, 11) is 1.66. The third-order valence-electron chi connectivity index (χ3n) is 3.34. The average molecular weight is 350 g/mol. The van der Waals surface area contributed by atoms with Gasteiger partial charge in [-0.3, -0.25) is 0 Å². The molecular weight excluding hydrogens is 330 g/mol. The number of rotatable bonds is 6. The summed E-state index contributed by atoms with van der Waals surface area (Å²) in [4.78, 5) is 0. The van der Waals surface area contributed by atoms with Crippen LogP contribution in [0.1, 0.15) is 25.0 Å². The first-order chi connectivity index (χ1) is 10.1. The van der Waals surface area contributed by atoms with E-state index >= 15 is 0 Å². The van der Waals surface area contributed by atoms with E-state index in [-0.39, 0.29) is 12.1 Å². The standard InChI is InChI=1S/C17H20BrNO2/c1-3-16(19)17(12-6-4-8-14(10-12)20-2)21-15-9-5-7-13(18)11-15/h4-11,16-17H,3,19H2,1-2H3. The summed E-state index contributed by atoms with van der Waals surface area (Å²) in [6.07, 6.45) is 0.620. The summed E-state index contributed by atoms with van der Waals surface area (Å²) < 4.78 is 12.4. The molecule has 0 amide bonds. The molecule has 3 nitrogen and oxygen atoms in total. The van der Waals surface area contributed by atoms with Gasteiger partial charge in [-0.2, -0.15) is 0 Å². The van der Waals surface area contributed by atoms with Crippen LogP contribution in [0.2, 0.25) is 0 Å². The highest BCUT2D eigenvalue weighted by Gasteiger charge is 2.21. The molecule has 0 aliphatic carbocycles. The molecule has 2 aromatic rings. The zero-order valence-electron chi connectivity index (χ0n) is 12.3. The Balaban J connectivity index is 2.29. The molecular formula is C17H20BrNO2. The maximum absolute atomic E-state index is 6.25. The number of methoxy groups -OCH3 is 1. The second-order valence-electron chi connectivity index (χ2n) is 4.84. The normalized spacial score (nSPS) is 13.5. The van der Waals surface area contributed by atoms with Gasteiger partial charge in [-0.15, -0.1) is 0 Å². The molecule has 0 aliphatic heterocycles. The molecule has 4 heteroatoms. The van der Waals surface area contributed by atoms with Crippen molar-refractivity contribution in [2.24, 2.45) is 5.73 Å². The predicted octanol–water partition coefficient (Wildman–Crippen LogP) is 4.32. The molecule has 0 aliphatic rings. The highest BCUT2D eigenvalue weighted by Crippen LogP contribution is 2.29. The molecule has 2 unspecified atom stereocenters. The van der Waals surface area contributed by atoms with Gasteiger partial charge >= 0.3 is 0 Å². The lowest BCUT2D eigenvalue weighted by Crippen LogP contribution is -2.31. The van der Waals surface area contributed by atoms with Crippen LogP contribution in [0.4, 0.5) is 0 Å². The third-order valence-corrected chi connectivity index (χ3v) is 3.83. The van der Waals surface area contributed by atoms with Crippen LogP contribution in [0, 0.1) is 0 Å². The summed E-state index contributed by atoms with van der Waals surface area (Å²) >= 11 is 3.45. The second-order valence-corrected chi connectivity index (χ2v) is 5.76. The smallest absolute Gasteiger partial charge is 0.139 e. The van der Waals surface area contributed by atoms with E-state index in [1.807, 2.05) is 48.5 Å². The summed E-state index contributed by atoms with van der Waals surface area (Å²) in [5.74, 6) is 1.60. The van der Waals surface area contributed by atoms with E-state index in [0.29, 0.717) is 0 Å². The Morgan fingerprint density at radius 3 is 2.48 bits per heavy atom. The number of hydrogen-bond acceptors (Lipinski definition) is 3. The minimum atomic E-state index is -0.209. The maximum atomic E-state index is 6.25. The van der Waals surface area contributed by atoms with Gasteiger partial charge in [0, 0.05) is 10.5 Å². The van der Waals surface area contributed by atoms with Crippen molar-refractivity contribution in [3.05, 3.63) is 58.6 Å². The Labute approximate surface area is 134 Å². The summed E-state index contributed by atoms with van der Waals surface area (Å²) in [5.41, 5.74) is 7.27. The van der Waals surface area contributed by atoms with Crippen LogP contribution in [0.25, 0.3) is 0 Å². The van der Waals surface area contributed by atoms with Gasteiger partial charge in [0.2, 0.25) is 0 Å². The first-order valence-electron chi connectivity index (χ1n) is 6.95. The molecule has 0 bridgehead atoms. The summed E-state index contributed by atoms with van der Waals surface area (Å²) in [6, 6.07) is 15.5. The number of hydrogen-bond donors (Lipinski definition) is 1. The van der Waals surface area contributed by atoms with Crippen molar-refractivity contribution in [2.75, 3.05) is 7.11 Å². The monoisotopic (exact) mass is 349 g/mol. The van der Waals surface area contributed by atoms with Crippen LogP contribution in [0.5, 0.6) is 11.5 Å². The minimum absolute atomic E-state index is 0.0870. The molecule has 2 rings (SSSR count). The lowest BCUT2D eigenvalue weighted by Gasteiger charge is -2.25. The SMILES string of the molecule is CCC(N)C(Oc1cccc(Br)c1)c1cccc(OC)c1. The van der Waals surface area contributed by atoms with Gasteiger partial charge in [-0.25, -0.2) is 0 Å². The highest BCUT2D eigenvalue weighted by molar-refractivity contribution is 9.10. The average Bonchev–Trinajstić information content (AvgIpc) is 2.52. The molecule has 21 heavy (non-hydrogen) atoms. The molecule has 0 aromatic heterocycles. The Hall–Kier alpha value is -1.52. The molecule has 112 valence electrons. The fourth-order valence-corrected chi connectivity index (χ4v) is 2.50. The van der Waals surface area contributed by atoms with Gasteiger partial charge in [0.25, 0.3) is 0 Å². The lowest BCUT2D eigenvalue weighted by molar-refractivity contribution is 0.170. The minimum Gasteiger partial charge on any atom is -0.497 e. The third kappa shape index (κ3) is 4.22. The molecule has 0 saturated heterocycles. The van der Waals surface area contributed by atoms with E-state index in [1.54, 1.807) is 7.11 Å². The first-order valence-corrected chi connectivity index (χ1v) is 7.75. The van der Waals surface area contributed by atoms with Crippen molar-refractivity contribution in [3.8, 4) is 11.5 Å². The van der Waals surface area contributed by atoms with Gasteiger partial charge in [-0.1, -0.05) is 41.1 Å². The predicted molar refractivity (Wildman–Crippen MR) is 88.8 cm³/mol. The van der Waals surface area contributed by atoms with E-state index in [4.69, 9.17) is 15.2 Å². The maximum Gasteiger partial charge on any atom is 0.139 e. The van der Waals surface area contributed by atoms with Crippen LogP contribution in [-0.4, -0.2) is 13.2 Å². The van der Waals surface area contributed by atoms with Gasteiger partial charge in [-0.05, 0) is 42.3 Å². The molecule has 0 saturated carbocycles. The Morgan fingerprint density at radius 1 is 1.10 bits per heavy atom. The quantitative estimate of drug-likeness (QED) is 0.844. The number of ether oxygens (including phenoxy) is 2. The molecule has 0 spiro atoms. The van der Waals surface area contributed by atoms with E-state index in [9.17, 15) is 0 Å². The zero-order chi connectivity index (χ0) is 15.2. The molecule has 2 N–H and O–H groups in total. The Bertz CT molecular complexity index is 589. The van der Waals surface area contributed by atoms with Crippen molar-refractivity contribution in [1.29, 1.82) is 0 Å². The van der Waals surface area contributed by atoms with Gasteiger partial charge in [0.05, 0.1) is 7.11 Å². The van der Waals surface area contributed by atoms with Crippen molar-refractivity contribution >= 4 is 15.9 Å². The van der Waals surface area contributed by atoms with Gasteiger partial charge in [0.1, 0.15) is 17.6 Å². The Morgan fingerprint density at radius 2 is 1.81 bits per heavy atom. The van der Waals surface area contributed by atoms with Crippen LogP contribution < -0.4 is 15.2 Å². The van der Waals surface area contributed by atoms with Gasteiger partial charge < -0.3 is 15.2 Å². The summed E-state index contributed by atoms with van der Waals surface area (Å²) in [6.45, 7) is 2.06. The van der Waals surface area contributed by atoms with Crippen LogP contribution in [0.15, 0.2) is 53.0 Å². The highest BCUT2D eigenvalue weighted by atomic mass is 79.9. The molecule has 0 heterocycles. The van der Waals surface area contributed by atoms with E-state index in [0.717, 1.165) is 28.0 Å². The van der Waals surface area contributed by atoms with E-state index < -0.39 is 0 Å². The Kier molecular flexibility index (Phi) is 5.65. The van der Waals surface area contributed by atoms with Crippen molar-refractivity contribution in [1.82, 2.24) is 0 Å². The van der Waals surface area contributed by atoms with E-state index in [1.165, 1.54) is 0 Å². The van der Waals surface area contributed by atoms with Crippen LogP contribution in [-0.2, 0) is 0 Å². The molecule has 0 fully saturated rings. The van der Waals surface area contributed by atoms with Gasteiger partial charge in [0.15, 0.2) is 0 Å². The topological polar surface area (TPSA) is 44.5 Å². The molecule has 2 aromatic carbocycles. The lowest BCUT2D eigenvalue weighted by atomic mass is 10.0. The largest absolute Gasteiger partial charge is 0.497 e. The fraction of sp³-hybridized carbons (Fsp3) is 0.294. The molecule has 2 atom stereocenters. The number of nitrogens with two attached hydrogens (primary N) is 1. The van der Waals surface area contributed by atoms with Crippen molar-refractivity contribution in [3.63, 3.8) is 0 Å². The first kappa shape index (κ1) is 15.9. The molecule has 0 radical (unpaired) electrons. The van der Waals surface area contributed by atoms with Crippen molar-refractivity contribution < 1.29 is 9.47 Å². The summed E-state index contributed by atoms with van der Waals surface area (Å²) in [5, 5.41) is 0. The number of benzene rings is 2. The fourth-order valence-electron chi connectivity index (χ4n) is 2.12. The second kappa shape index (κ2) is 7.48. The van der Waals surface area contributed by atoms with Crippen LogP contribution >= 0.6 is 15.9 Å². The zero-order valence-corrected chi connectivity index (χ0v) is 13.8.